The Morgan fingerprint density at radius 2 is 2.14 bits per heavy atom. The predicted molar refractivity (Wildman–Crippen MR) is 83.3 cm³/mol. The summed E-state index contributed by atoms with van der Waals surface area (Å²) in [4.78, 5) is 12.4. The molecule has 0 fully saturated rings. The maximum absolute atomic E-state index is 10.8. The van der Waals surface area contributed by atoms with Crippen molar-refractivity contribution in [1.82, 2.24) is 10.2 Å². The average molecular weight is 295 g/mol. The molecule has 2 N–H and O–H groups in total. The zero-order valence-electron chi connectivity index (χ0n) is 13.2. The van der Waals surface area contributed by atoms with E-state index in [1.165, 1.54) is 6.07 Å². The molecule has 21 heavy (non-hydrogen) atoms. The maximum atomic E-state index is 10.8. The third-order valence-corrected chi connectivity index (χ3v) is 3.28. The van der Waals surface area contributed by atoms with Crippen LogP contribution in [0.1, 0.15) is 31.9 Å². The highest BCUT2D eigenvalue weighted by atomic mass is 16.6. The van der Waals surface area contributed by atoms with E-state index in [4.69, 9.17) is 0 Å². The number of nitro groups is 1. The smallest absolute Gasteiger partial charge is 0.269 e. The number of hydrogen-bond acceptors (Lipinski definition) is 5. The van der Waals surface area contributed by atoms with Crippen LogP contribution in [0.3, 0.4) is 0 Å². The number of nitrogens with one attached hydrogen (secondary N) is 1. The Hall–Kier alpha value is -1.50. The summed E-state index contributed by atoms with van der Waals surface area (Å²) in [6.07, 6.45) is 0.791. The van der Waals surface area contributed by atoms with Crippen LogP contribution in [-0.2, 0) is 0 Å². The van der Waals surface area contributed by atoms with Crippen LogP contribution >= 0.6 is 0 Å². The summed E-state index contributed by atoms with van der Waals surface area (Å²) in [5, 5.41) is 24.4. The van der Waals surface area contributed by atoms with E-state index in [-0.39, 0.29) is 11.7 Å². The Morgan fingerprint density at radius 1 is 1.48 bits per heavy atom. The topological polar surface area (TPSA) is 78.6 Å². The van der Waals surface area contributed by atoms with Crippen LogP contribution in [0.25, 0.3) is 0 Å². The molecule has 0 aliphatic rings. The van der Waals surface area contributed by atoms with Gasteiger partial charge in [-0.1, -0.05) is 19.1 Å². The lowest BCUT2D eigenvalue weighted by Gasteiger charge is -2.29. The number of rotatable bonds is 8. The van der Waals surface area contributed by atoms with Crippen LogP contribution in [0.15, 0.2) is 24.3 Å². The second-order valence-electron chi connectivity index (χ2n) is 5.93. The molecule has 0 bridgehead atoms. The number of nitrogens with zero attached hydrogens (tertiary/aromatic N) is 2. The van der Waals surface area contributed by atoms with Crippen LogP contribution < -0.4 is 5.32 Å². The summed E-state index contributed by atoms with van der Waals surface area (Å²) in [5.74, 6) is 0. The molecule has 0 amide bonds. The van der Waals surface area contributed by atoms with Crippen LogP contribution in [0.5, 0.6) is 0 Å². The minimum Gasteiger partial charge on any atom is -0.388 e. The molecule has 0 aromatic heterocycles. The van der Waals surface area contributed by atoms with Crippen LogP contribution in [-0.4, -0.2) is 47.7 Å². The van der Waals surface area contributed by atoms with Crippen molar-refractivity contribution in [3.63, 3.8) is 0 Å². The molecular formula is C15H25N3O3. The van der Waals surface area contributed by atoms with Crippen molar-refractivity contribution in [2.45, 2.75) is 31.9 Å². The fraction of sp³-hybridized carbons (Fsp3) is 0.600. The van der Waals surface area contributed by atoms with Gasteiger partial charge in [-0.3, -0.25) is 10.1 Å². The van der Waals surface area contributed by atoms with E-state index in [0.717, 1.165) is 12.0 Å². The van der Waals surface area contributed by atoms with E-state index in [2.05, 4.69) is 5.32 Å². The van der Waals surface area contributed by atoms with Crippen LogP contribution in [0.4, 0.5) is 5.69 Å². The molecule has 2 unspecified atom stereocenters. The number of aliphatic hydroxyl groups is 1. The molecule has 6 nitrogen and oxygen atoms in total. The minimum absolute atomic E-state index is 0.0152. The van der Waals surface area contributed by atoms with Crippen LogP contribution in [0.2, 0.25) is 0 Å². The van der Waals surface area contributed by atoms with E-state index < -0.39 is 10.5 Å². The van der Waals surface area contributed by atoms with Gasteiger partial charge in [-0.05, 0) is 33.0 Å². The van der Waals surface area contributed by atoms with Gasteiger partial charge in [0.2, 0.25) is 0 Å². The number of benzene rings is 1. The van der Waals surface area contributed by atoms with Gasteiger partial charge in [0.1, 0.15) is 0 Å². The van der Waals surface area contributed by atoms with Gasteiger partial charge in [0, 0.05) is 31.3 Å². The van der Waals surface area contributed by atoms with Crippen LogP contribution in [0, 0.1) is 10.1 Å². The minimum atomic E-state index is -0.850. The quantitative estimate of drug-likeness (QED) is 0.566. The van der Waals surface area contributed by atoms with Crippen molar-refractivity contribution in [2.75, 3.05) is 27.2 Å². The van der Waals surface area contributed by atoms with Gasteiger partial charge in [-0.15, -0.1) is 0 Å². The second-order valence-corrected chi connectivity index (χ2v) is 5.93. The van der Waals surface area contributed by atoms with Crippen molar-refractivity contribution in [2.24, 2.45) is 0 Å². The molecule has 1 rings (SSSR count). The van der Waals surface area contributed by atoms with Gasteiger partial charge < -0.3 is 15.3 Å². The highest BCUT2D eigenvalue weighted by Crippen LogP contribution is 2.22. The van der Waals surface area contributed by atoms with Gasteiger partial charge in [0.25, 0.3) is 5.69 Å². The van der Waals surface area contributed by atoms with Crippen molar-refractivity contribution in [3.05, 3.63) is 39.9 Å². The lowest BCUT2D eigenvalue weighted by atomic mass is 10.0. The standard InChI is InChI=1S/C15H25N3O3/c1-5-14(16-10-15(2,19)11-17(3)4)12-7-6-8-13(9-12)18(20)21/h6-9,14,16,19H,5,10-11H2,1-4H3. The molecule has 1 aromatic rings. The molecule has 0 aliphatic carbocycles. The fourth-order valence-corrected chi connectivity index (χ4v) is 2.43. The van der Waals surface area contributed by atoms with Gasteiger partial charge >= 0.3 is 0 Å². The number of non-ortho nitro benzene ring substituents is 1. The SMILES string of the molecule is CCC(NCC(C)(O)CN(C)C)c1cccc([N+](=O)[O-])c1. The molecular weight excluding hydrogens is 270 g/mol. The Kier molecular flexibility index (Phi) is 6.26. The predicted octanol–water partition coefficient (Wildman–Crippen LogP) is 1.95. The van der Waals surface area contributed by atoms with Crippen molar-refractivity contribution in [1.29, 1.82) is 0 Å². The van der Waals surface area contributed by atoms with Gasteiger partial charge in [-0.25, -0.2) is 0 Å². The largest absolute Gasteiger partial charge is 0.388 e. The first-order valence-corrected chi connectivity index (χ1v) is 7.10. The first kappa shape index (κ1) is 17.6. The highest BCUT2D eigenvalue weighted by Gasteiger charge is 2.23. The van der Waals surface area contributed by atoms with Gasteiger partial charge in [-0.2, -0.15) is 0 Å². The molecule has 0 saturated heterocycles. The molecule has 2 atom stereocenters. The Labute approximate surface area is 125 Å². The first-order chi connectivity index (χ1) is 9.75. The molecule has 0 radical (unpaired) electrons. The Morgan fingerprint density at radius 3 is 2.67 bits per heavy atom. The summed E-state index contributed by atoms with van der Waals surface area (Å²) in [5.41, 5.74) is 0.109. The van der Waals surface area contributed by atoms with Crippen molar-refractivity contribution >= 4 is 5.69 Å². The maximum Gasteiger partial charge on any atom is 0.269 e. The lowest BCUT2D eigenvalue weighted by molar-refractivity contribution is -0.384. The molecule has 0 saturated carbocycles. The Bertz CT molecular complexity index is 475. The Balaban J connectivity index is 2.75. The number of hydrogen-bond donors (Lipinski definition) is 2. The second kappa shape index (κ2) is 7.49. The molecule has 118 valence electrons. The lowest BCUT2D eigenvalue weighted by Crippen LogP contribution is -2.46. The average Bonchev–Trinajstić information content (AvgIpc) is 2.38. The molecule has 0 aliphatic heterocycles. The number of nitro benzene ring substituents is 1. The summed E-state index contributed by atoms with van der Waals surface area (Å²) in [6.45, 7) is 4.76. The molecule has 0 spiro atoms. The molecule has 6 heteroatoms. The van der Waals surface area contributed by atoms with Crippen molar-refractivity contribution < 1.29 is 10.0 Å². The van der Waals surface area contributed by atoms with E-state index >= 15 is 0 Å². The molecule has 1 aromatic carbocycles. The summed E-state index contributed by atoms with van der Waals surface area (Å²) >= 11 is 0. The van der Waals surface area contributed by atoms with E-state index in [0.29, 0.717) is 13.1 Å². The fourth-order valence-electron chi connectivity index (χ4n) is 2.43. The van der Waals surface area contributed by atoms with Gasteiger partial charge in [0.15, 0.2) is 0 Å². The van der Waals surface area contributed by atoms with E-state index in [9.17, 15) is 15.2 Å². The van der Waals surface area contributed by atoms with E-state index in [1.54, 1.807) is 19.1 Å². The zero-order chi connectivity index (χ0) is 16.0. The van der Waals surface area contributed by atoms with Crippen molar-refractivity contribution in [3.8, 4) is 0 Å². The monoisotopic (exact) mass is 295 g/mol. The third-order valence-electron chi connectivity index (χ3n) is 3.28. The molecule has 0 heterocycles. The number of likely N-dealkylation sites (N-methyl/N-ethyl adjacent to an activating group) is 1. The first-order valence-electron chi connectivity index (χ1n) is 7.10. The normalized spacial score (nSPS) is 15.7. The van der Waals surface area contributed by atoms with E-state index in [1.807, 2.05) is 32.0 Å². The third kappa shape index (κ3) is 5.79. The summed E-state index contributed by atoms with van der Waals surface area (Å²) < 4.78 is 0. The van der Waals surface area contributed by atoms with Gasteiger partial charge in [0.05, 0.1) is 10.5 Å². The highest BCUT2D eigenvalue weighted by molar-refractivity contribution is 5.35. The summed E-state index contributed by atoms with van der Waals surface area (Å²) in [6, 6.07) is 6.61. The zero-order valence-corrected chi connectivity index (χ0v) is 13.2. The summed E-state index contributed by atoms with van der Waals surface area (Å²) in [7, 11) is 3.82.